The third-order valence-electron chi connectivity index (χ3n) is 5.48. The topological polar surface area (TPSA) is 9.23 Å². The van der Waals surface area contributed by atoms with Gasteiger partial charge in [-0.05, 0) is 68.4 Å². The number of rotatable bonds is 15. The molecule has 1 nitrogen and oxygen atoms in total. The Morgan fingerprint density at radius 1 is 0.853 bits per heavy atom. The van der Waals surface area contributed by atoms with Gasteiger partial charge in [-0.15, -0.1) is 17.6 Å². The molecule has 0 N–H and O–H groups in total. The predicted octanol–water partition coefficient (Wildman–Crippen LogP) is 9.15. The normalized spacial score (nSPS) is 13.4. The van der Waals surface area contributed by atoms with Gasteiger partial charge in [0.25, 0.3) is 0 Å². The molecule has 6 heteroatoms. The van der Waals surface area contributed by atoms with Gasteiger partial charge < -0.3 is 4.74 Å². The van der Waals surface area contributed by atoms with Crippen molar-refractivity contribution in [3.05, 3.63) is 83.9 Å². The number of ether oxygens (including phenoxy) is 1. The first-order valence-corrected chi connectivity index (χ1v) is 12.0. The number of allylic oxidation sites excluding steroid dienone is 2. The number of unbranched alkanes of at least 4 members (excludes halogenated alkanes) is 2. The third kappa shape index (κ3) is 16.4. The van der Waals surface area contributed by atoms with Gasteiger partial charge in [-0.2, -0.15) is 0 Å². The van der Waals surface area contributed by atoms with Gasteiger partial charge >= 0.3 is 6.43 Å². The van der Waals surface area contributed by atoms with Crippen LogP contribution < -0.4 is 0 Å². The Bertz CT molecular complexity index is 740. The van der Waals surface area contributed by atoms with Crippen LogP contribution in [-0.2, 0) is 11.2 Å². The fourth-order valence-electron chi connectivity index (χ4n) is 3.83. The first-order chi connectivity index (χ1) is 16.3. The minimum absolute atomic E-state index is 0.141. The zero-order valence-corrected chi connectivity index (χ0v) is 20.0. The Morgan fingerprint density at radius 3 is 1.97 bits per heavy atom. The summed E-state index contributed by atoms with van der Waals surface area (Å²) in [5, 5.41) is 0. The molecule has 190 valence electrons. The SMILES string of the molecule is CCC(CC(CCC/C=C/CCCc1ccccc1)OCCF)c1ccccc1.FC(F)(F)F. The Balaban J connectivity index is 0.00000104. The maximum Gasteiger partial charge on any atom is 0.559 e. The highest BCUT2D eigenvalue weighted by Gasteiger charge is 2.24. The van der Waals surface area contributed by atoms with Crippen LogP contribution in [0, 0.1) is 0 Å². The van der Waals surface area contributed by atoms with Crippen molar-refractivity contribution in [2.24, 2.45) is 0 Å². The number of aryl methyl sites for hydroxylation is 1. The molecule has 0 bridgehead atoms. The molecule has 2 aromatic rings. The van der Waals surface area contributed by atoms with Crippen LogP contribution in [0.1, 0.15) is 68.9 Å². The average molecular weight is 485 g/mol. The first kappa shape index (κ1) is 29.8. The van der Waals surface area contributed by atoms with E-state index in [1.165, 1.54) is 17.5 Å². The van der Waals surface area contributed by atoms with Crippen molar-refractivity contribution in [3.63, 3.8) is 0 Å². The minimum Gasteiger partial charge on any atom is -0.375 e. The quantitative estimate of drug-likeness (QED) is 0.139. The second-order valence-electron chi connectivity index (χ2n) is 8.14. The van der Waals surface area contributed by atoms with Crippen molar-refractivity contribution < 1.29 is 26.7 Å². The summed E-state index contributed by atoms with van der Waals surface area (Å²) in [6, 6.07) is 21.3. The summed E-state index contributed by atoms with van der Waals surface area (Å²) in [5.74, 6) is 0.481. The fraction of sp³-hybridized carbons (Fsp3) is 0.500. The van der Waals surface area contributed by atoms with E-state index in [1.54, 1.807) is 0 Å². The standard InChI is InChI=1S/C27H37FO.CF4/c1-2-25(26-18-12-8-13-19-26)23-27(29-22-21-28)20-14-6-4-3-5-9-15-24-16-10-7-11-17-24;2-1(3,4)5/h3-4,7-8,10-13,16-19,25,27H,2,5-6,9,14-15,20-23H2,1H3;/b4-3+;. The van der Waals surface area contributed by atoms with Gasteiger partial charge in [0, 0.05) is 0 Å². The Kier molecular flexibility index (Phi) is 15.9. The molecule has 2 rings (SSSR count). The van der Waals surface area contributed by atoms with Crippen LogP contribution in [0.2, 0.25) is 0 Å². The minimum atomic E-state index is -5.50. The van der Waals surface area contributed by atoms with Crippen molar-refractivity contribution in [3.8, 4) is 0 Å². The predicted molar refractivity (Wildman–Crippen MR) is 129 cm³/mol. The van der Waals surface area contributed by atoms with Gasteiger partial charge in [0.2, 0.25) is 0 Å². The van der Waals surface area contributed by atoms with Gasteiger partial charge in [-0.3, -0.25) is 0 Å². The molecule has 0 aliphatic heterocycles. The zero-order chi connectivity index (χ0) is 25.1. The van der Waals surface area contributed by atoms with Gasteiger partial charge in [0.1, 0.15) is 6.67 Å². The maximum absolute atomic E-state index is 12.6. The van der Waals surface area contributed by atoms with Gasteiger partial charge in [0.15, 0.2) is 0 Å². The van der Waals surface area contributed by atoms with E-state index in [4.69, 9.17) is 4.74 Å². The summed E-state index contributed by atoms with van der Waals surface area (Å²) in [5.41, 5.74) is 2.78. The summed E-state index contributed by atoms with van der Waals surface area (Å²) < 4.78 is 57.2. The molecule has 2 unspecified atom stereocenters. The van der Waals surface area contributed by atoms with Crippen LogP contribution in [0.15, 0.2) is 72.8 Å². The van der Waals surface area contributed by atoms with E-state index in [2.05, 4.69) is 79.7 Å². The molecular weight excluding hydrogens is 447 g/mol. The van der Waals surface area contributed by atoms with E-state index >= 15 is 0 Å². The van der Waals surface area contributed by atoms with E-state index in [-0.39, 0.29) is 12.7 Å². The zero-order valence-electron chi connectivity index (χ0n) is 20.0. The van der Waals surface area contributed by atoms with Gasteiger partial charge in [-0.25, -0.2) is 4.39 Å². The second kappa shape index (κ2) is 18.2. The largest absolute Gasteiger partial charge is 0.559 e. The van der Waals surface area contributed by atoms with Crippen molar-refractivity contribution in [1.29, 1.82) is 0 Å². The highest BCUT2D eigenvalue weighted by Crippen LogP contribution is 2.27. The van der Waals surface area contributed by atoms with Crippen molar-refractivity contribution in [1.82, 2.24) is 0 Å². The lowest BCUT2D eigenvalue weighted by atomic mass is 9.89. The summed E-state index contributed by atoms with van der Waals surface area (Å²) in [6.07, 6.45) is 7.93. The number of halogens is 5. The van der Waals surface area contributed by atoms with Crippen molar-refractivity contribution >= 4 is 0 Å². The molecule has 0 aromatic heterocycles. The average Bonchev–Trinajstić information content (AvgIpc) is 2.82. The number of benzene rings is 2. The molecule has 0 spiro atoms. The number of hydrogen-bond donors (Lipinski definition) is 0. The smallest absolute Gasteiger partial charge is 0.375 e. The lowest BCUT2D eigenvalue weighted by molar-refractivity contribution is -0.237. The third-order valence-corrected chi connectivity index (χ3v) is 5.48. The van der Waals surface area contributed by atoms with E-state index in [1.807, 2.05) is 0 Å². The molecule has 0 fully saturated rings. The van der Waals surface area contributed by atoms with Crippen LogP contribution in [0.25, 0.3) is 0 Å². The number of hydrogen-bond acceptors (Lipinski definition) is 1. The van der Waals surface area contributed by atoms with E-state index in [0.717, 1.165) is 44.9 Å². The molecule has 0 saturated carbocycles. The summed E-state index contributed by atoms with van der Waals surface area (Å²) in [4.78, 5) is 0. The van der Waals surface area contributed by atoms with Crippen LogP contribution in [-0.4, -0.2) is 25.8 Å². The lowest BCUT2D eigenvalue weighted by Gasteiger charge is -2.23. The second-order valence-corrected chi connectivity index (χ2v) is 8.14. The summed E-state index contributed by atoms with van der Waals surface area (Å²) in [6.45, 7) is 2.03. The van der Waals surface area contributed by atoms with Crippen LogP contribution in [0.5, 0.6) is 0 Å². The highest BCUT2D eigenvalue weighted by molar-refractivity contribution is 5.19. The van der Waals surface area contributed by atoms with Crippen molar-refractivity contribution in [2.75, 3.05) is 13.3 Å². The molecule has 2 aromatic carbocycles. The molecular formula is C28H37F5O. The molecule has 0 aliphatic carbocycles. The molecule has 0 heterocycles. The Labute approximate surface area is 201 Å². The van der Waals surface area contributed by atoms with Crippen LogP contribution in [0.4, 0.5) is 22.0 Å². The van der Waals surface area contributed by atoms with E-state index in [0.29, 0.717) is 5.92 Å². The summed E-state index contributed by atoms with van der Waals surface area (Å²) in [7, 11) is 0. The molecule has 0 amide bonds. The fourth-order valence-corrected chi connectivity index (χ4v) is 3.83. The summed E-state index contributed by atoms with van der Waals surface area (Å²) >= 11 is 0. The Hall–Kier alpha value is -2.21. The van der Waals surface area contributed by atoms with Crippen molar-refractivity contribution in [2.45, 2.75) is 76.7 Å². The van der Waals surface area contributed by atoms with Crippen LogP contribution >= 0.6 is 0 Å². The first-order valence-electron chi connectivity index (χ1n) is 12.0. The van der Waals surface area contributed by atoms with E-state index < -0.39 is 13.1 Å². The van der Waals surface area contributed by atoms with E-state index in [9.17, 15) is 22.0 Å². The molecule has 0 saturated heterocycles. The monoisotopic (exact) mass is 484 g/mol. The molecule has 2 atom stereocenters. The number of alkyl halides is 5. The Morgan fingerprint density at radius 2 is 1.41 bits per heavy atom. The van der Waals surface area contributed by atoms with Gasteiger partial charge in [-0.1, -0.05) is 79.7 Å². The van der Waals surface area contributed by atoms with Gasteiger partial charge in [0.05, 0.1) is 12.7 Å². The molecule has 34 heavy (non-hydrogen) atoms. The molecule has 0 radical (unpaired) electrons. The van der Waals surface area contributed by atoms with Crippen LogP contribution in [0.3, 0.4) is 0 Å². The lowest BCUT2D eigenvalue weighted by Crippen LogP contribution is -2.18. The molecule has 0 aliphatic rings. The highest BCUT2D eigenvalue weighted by atomic mass is 19.5. The maximum atomic E-state index is 12.6.